The highest BCUT2D eigenvalue weighted by Crippen LogP contribution is 2.31. The number of nitrogens with one attached hydrogen (secondary N) is 1. The van der Waals surface area contributed by atoms with Crippen molar-refractivity contribution in [2.45, 2.75) is 18.9 Å². The molecule has 0 aromatic heterocycles. The van der Waals surface area contributed by atoms with Gasteiger partial charge in [-0.1, -0.05) is 39.7 Å². The van der Waals surface area contributed by atoms with Crippen LogP contribution in [0.5, 0.6) is 0 Å². The van der Waals surface area contributed by atoms with Crippen LogP contribution in [0.2, 0.25) is 5.02 Å². The van der Waals surface area contributed by atoms with Crippen LogP contribution < -0.4 is 5.32 Å². The molecular weight excluding hydrogens is 354 g/mol. The van der Waals surface area contributed by atoms with E-state index in [-0.39, 0.29) is 5.91 Å². The van der Waals surface area contributed by atoms with Crippen molar-refractivity contribution >= 4 is 39.1 Å². The summed E-state index contributed by atoms with van der Waals surface area (Å²) >= 11 is 9.40. The van der Waals surface area contributed by atoms with E-state index < -0.39 is 6.10 Å². The molecule has 1 aliphatic heterocycles. The van der Waals surface area contributed by atoms with Crippen LogP contribution in [0.4, 0.5) is 5.69 Å². The molecule has 3 rings (SSSR count). The molecule has 0 saturated heterocycles. The molecule has 1 amide bonds. The fraction of sp³-hybridized carbons (Fsp3) is 0.188. The van der Waals surface area contributed by atoms with Gasteiger partial charge in [0.15, 0.2) is 0 Å². The van der Waals surface area contributed by atoms with Crippen LogP contribution in [0.1, 0.15) is 29.2 Å². The third-order valence-electron chi connectivity index (χ3n) is 3.54. The molecule has 1 unspecified atom stereocenters. The molecule has 0 radical (unpaired) electrons. The van der Waals surface area contributed by atoms with Crippen molar-refractivity contribution < 1.29 is 9.90 Å². The number of aryl methyl sites for hydroxylation is 1. The number of aliphatic hydroxyl groups excluding tert-OH is 1. The van der Waals surface area contributed by atoms with Crippen LogP contribution in [0.15, 0.2) is 40.9 Å². The van der Waals surface area contributed by atoms with Gasteiger partial charge in [-0.15, -0.1) is 0 Å². The number of hydrogen-bond donors (Lipinski definition) is 2. The normalized spacial score (nSPS) is 15.3. The van der Waals surface area contributed by atoms with Gasteiger partial charge in [0.05, 0.1) is 0 Å². The highest BCUT2D eigenvalue weighted by molar-refractivity contribution is 9.10. The number of rotatable bonds is 2. The van der Waals surface area contributed by atoms with Crippen LogP contribution >= 0.6 is 27.5 Å². The summed E-state index contributed by atoms with van der Waals surface area (Å²) in [5, 5.41) is 13.9. The zero-order valence-corrected chi connectivity index (χ0v) is 13.4. The van der Waals surface area contributed by atoms with E-state index in [0.717, 1.165) is 26.9 Å². The van der Waals surface area contributed by atoms with Gasteiger partial charge in [0.1, 0.15) is 6.10 Å². The lowest BCUT2D eigenvalue weighted by Crippen LogP contribution is -2.19. The molecule has 2 N–H and O–H groups in total. The molecule has 0 aliphatic carbocycles. The maximum Gasteiger partial charge on any atom is 0.224 e. The second-order valence-corrected chi connectivity index (χ2v) is 6.42. The molecule has 3 nitrogen and oxygen atoms in total. The highest BCUT2D eigenvalue weighted by atomic mass is 79.9. The zero-order chi connectivity index (χ0) is 15.0. The first-order chi connectivity index (χ1) is 10.0. The van der Waals surface area contributed by atoms with Crippen LogP contribution in [-0.2, 0) is 11.2 Å². The standard InChI is InChI=1S/C16H13BrClNO2/c17-12-6-11(7-13(18)8-12)16(21)10-1-3-14-9(5-10)2-4-15(20)19-14/h1,3,5-8,16,21H,2,4H2,(H,19,20). The van der Waals surface area contributed by atoms with Crippen molar-refractivity contribution in [3.05, 3.63) is 62.6 Å². The Balaban J connectivity index is 1.94. The van der Waals surface area contributed by atoms with Crippen molar-refractivity contribution in [1.29, 1.82) is 0 Å². The topological polar surface area (TPSA) is 49.3 Å². The van der Waals surface area contributed by atoms with Crippen molar-refractivity contribution in [3.63, 3.8) is 0 Å². The smallest absolute Gasteiger partial charge is 0.224 e. The van der Waals surface area contributed by atoms with Gasteiger partial charge in [-0.2, -0.15) is 0 Å². The van der Waals surface area contributed by atoms with Gasteiger partial charge >= 0.3 is 0 Å². The second kappa shape index (κ2) is 5.79. The Morgan fingerprint density at radius 3 is 2.71 bits per heavy atom. The Morgan fingerprint density at radius 2 is 1.95 bits per heavy atom. The average molecular weight is 367 g/mol. The quantitative estimate of drug-likeness (QED) is 0.842. The molecule has 108 valence electrons. The maximum absolute atomic E-state index is 11.4. The molecule has 21 heavy (non-hydrogen) atoms. The monoisotopic (exact) mass is 365 g/mol. The number of carbonyl (C=O) groups is 1. The number of anilines is 1. The van der Waals surface area contributed by atoms with E-state index in [2.05, 4.69) is 21.2 Å². The van der Waals surface area contributed by atoms with E-state index in [1.807, 2.05) is 24.3 Å². The Bertz CT molecular complexity index is 697. The zero-order valence-electron chi connectivity index (χ0n) is 11.1. The number of halogens is 2. The Hall–Kier alpha value is -1.36. The van der Waals surface area contributed by atoms with E-state index in [9.17, 15) is 9.90 Å². The van der Waals surface area contributed by atoms with Gasteiger partial charge in [0.25, 0.3) is 0 Å². The molecule has 2 aromatic carbocycles. The van der Waals surface area contributed by atoms with Gasteiger partial charge in [-0.25, -0.2) is 0 Å². The van der Waals surface area contributed by atoms with Crippen molar-refractivity contribution in [3.8, 4) is 0 Å². The molecule has 1 atom stereocenters. The first-order valence-electron chi connectivity index (χ1n) is 6.59. The van der Waals surface area contributed by atoms with Crippen LogP contribution in [0.25, 0.3) is 0 Å². The van der Waals surface area contributed by atoms with E-state index in [4.69, 9.17) is 11.6 Å². The Labute approximate surface area is 136 Å². The number of hydrogen-bond acceptors (Lipinski definition) is 2. The molecule has 0 saturated carbocycles. The first-order valence-corrected chi connectivity index (χ1v) is 7.77. The Morgan fingerprint density at radius 1 is 1.14 bits per heavy atom. The number of fused-ring (bicyclic) bond motifs is 1. The third kappa shape index (κ3) is 3.12. The SMILES string of the molecule is O=C1CCc2cc(C(O)c3cc(Cl)cc(Br)c3)ccc2N1. The lowest BCUT2D eigenvalue weighted by atomic mass is 9.95. The summed E-state index contributed by atoms with van der Waals surface area (Å²) in [5.41, 5.74) is 3.40. The summed E-state index contributed by atoms with van der Waals surface area (Å²) < 4.78 is 0.828. The number of carbonyl (C=O) groups excluding carboxylic acids is 1. The van der Waals surface area contributed by atoms with E-state index >= 15 is 0 Å². The number of amides is 1. The van der Waals surface area contributed by atoms with Crippen molar-refractivity contribution in [2.75, 3.05) is 5.32 Å². The van der Waals surface area contributed by atoms with Gasteiger partial charge < -0.3 is 10.4 Å². The molecule has 1 heterocycles. The molecule has 2 aromatic rings. The molecule has 1 aliphatic rings. The molecule has 0 fully saturated rings. The largest absolute Gasteiger partial charge is 0.384 e. The minimum atomic E-state index is -0.747. The van der Waals surface area contributed by atoms with Gasteiger partial charge in [-0.3, -0.25) is 4.79 Å². The summed E-state index contributed by atoms with van der Waals surface area (Å²) in [7, 11) is 0. The molecule has 0 bridgehead atoms. The van der Waals surface area contributed by atoms with Gasteiger partial charge in [0.2, 0.25) is 5.91 Å². The van der Waals surface area contributed by atoms with Crippen molar-refractivity contribution in [1.82, 2.24) is 0 Å². The second-order valence-electron chi connectivity index (χ2n) is 5.07. The fourth-order valence-electron chi connectivity index (χ4n) is 2.50. The summed E-state index contributed by atoms with van der Waals surface area (Å²) in [4.78, 5) is 11.4. The lowest BCUT2D eigenvalue weighted by Gasteiger charge is -2.19. The van der Waals surface area contributed by atoms with Gasteiger partial charge in [-0.05, 0) is 47.4 Å². The molecular formula is C16H13BrClNO2. The molecule has 0 spiro atoms. The highest BCUT2D eigenvalue weighted by Gasteiger charge is 2.18. The van der Waals surface area contributed by atoms with E-state index in [1.165, 1.54) is 0 Å². The summed E-state index contributed by atoms with van der Waals surface area (Å²) in [6, 6.07) is 11.0. The Kier molecular flexibility index (Phi) is 4.02. The lowest BCUT2D eigenvalue weighted by molar-refractivity contribution is -0.116. The summed E-state index contributed by atoms with van der Waals surface area (Å²) in [6.45, 7) is 0. The predicted molar refractivity (Wildman–Crippen MR) is 86.6 cm³/mol. The van der Waals surface area contributed by atoms with Gasteiger partial charge in [0, 0.05) is 21.6 Å². The van der Waals surface area contributed by atoms with Crippen LogP contribution in [0.3, 0.4) is 0 Å². The van der Waals surface area contributed by atoms with E-state index in [1.54, 1.807) is 12.1 Å². The predicted octanol–water partition coefficient (Wildman–Crippen LogP) is 4.07. The summed E-state index contributed by atoms with van der Waals surface area (Å²) in [6.07, 6.45) is 0.430. The van der Waals surface area contributed by atoms with E-state index in [0.29, 0.717) is 17.9 Å². The first kappa shape index (κ1) is 14.6. The average Bonchev–Trinajstić information content (AvgIpc) is 2.45. The number of benzene rings is 2. The van der Waals surface area contributed by atoms with Crippen molar-refractivity contribution in [2.24, 2.45) is 0 Å². The fourth-order valence-corrected chi connectivity index (χ4v) is 3.39. The summed E-state index contributed by atoms with van der Waals surface area (Å²) in [5.74, 6) is 0.0366. The third-order valence-corrected chi connectivity index (χ3v) is 4.22. The molecule has 5 heteroatoms. The number of aliphatic hydroxyl groups is 1. The minimum Gasteiger partial charge on any atom is -0.384 e. The van der Waals surface area contributed by atoms with Crippen LogP contribution in [0, 0.1) is 0 Å². The van der Waals surface area contributed by atoms with Crippen LogP contribution in [-0.4, -0.2) is 11.0 Å². The maximum atomic E-state index is 11.4. The minimum absolute atomic E-state index is 0.0366.